The van der Waals surface area contributed by atoms with Gasteiger partial charge in [0.25, 0.3) is 5.91 Å². The fourth-order valence-electron chi connectivity index (χ4n) is 4.35. The number of aryl methyl sites for hydroxylation is 1. The van der Waals surface area contributed by atoms with Crippen LogP contribution in [0.5, 0.6) is 0 Å². The van der Waals surface area contributed by atoms with Gasteiger partial charge in [0.15, 0.2) is 5.82 Å². The lowest BCUT2D eigenvalue weighted by Crippen LogP contribution is -2.60. The maximum Gasteiger partial charge on any atom is 0.251 e. The number of hydrogen-bond donors (Lipinski definition) is 2. The van der Waals surface area contributed by atoms with Crippen LogP contribution in [-0.2, 0) is 14.3 Å². The van der Waals surface area contributed by atoms with Crippen LogP contribution < -0.4 is 15.5 Å². The molecule has 9 nitrogen and oxygen atoms in total. The topological polar surface area (TPSA) is 99.7 Å². The number of aromatic nitrogens is 2. The van der Waals surface area contributed by atoms with Crippen LogP contribution in [0.25, 0.3) is 0 Å². The molecule has 2 amide bonds. The molecule has 9 heteroatoms. The van der Waals surface area contributed by atoms with Gasteiger partial charge in [0.1, 0.15) is 17.8 Å². The van der Waals surface area contributed by atoms with E-state index in [1.165, 1.54) is 0 Å². The summed E-state index contributed by atoms with van der Waals surface area (Å²) in [5, 5.41) is 6.29. The highest BCUT2D eigenvalue weighted by atomic mass is 16.5. The number of ether oxygens (including phenoxy) is 1. The summed E-state index contributed by atoms with van der Waals surface area (Å²) in [4.78, 5) is 37.9. The van der Waals surface area contributed by atoms with Crippen molar-refractivity contribution in [1.82, 2.24) is 14.9 Å². The lowest BCUT2D eigenvalue weighted by molar-refractivity contribution is -0.150. The SMILES string of the molecule is Cc1nc(NC2CN(C(=O)C3CCCCO3)C2)nc2c1NC(=O)C(C(C)C)N2C. The Morgan fingerprint density at radius 3 is 2.69 bits per heavy atom. The van der Waals surface area contributed by atoms with Crippen LogP contribution in [0.2, 0.25) is 0 Å². The summed E-state index contributed by atoms with van der Waals surface area (Å²) in [5.41, 5.74) is 1.39. The van der Waals surface area contributed by atoms with E-state index in [4.69, 9.17) is 4.74 Å². The fourth-order valence-corrected chi connectivity index (χ4v) is 4.35. The Kier molecular flexibility index (Phi) is 5.33. The maximum atomic E-state index is 12.5. The molecule has 4 rings (SSSR count). The number of hydrogen-bond acceptors (Lipinski definition) is 7. The number of likely N-dealkylation sites (tertiary alicyclic amines) is 1. The zero-order valence-electron chi connectivity index (χ0n) is 17.6. The summed E-state index contributed by atoms with van der Waals surface area (Å²) in [5.74, 6) is 1.47. The van der Waals surface area contributed by atoms with Crippen molar-refractivity contribution in [3.8, 4) is 0 Å². The quantitative estimate of drug-likeness (QED) is 0.785. The van der Waals surface area contributed by atoms with Crippen molar-refractivity contribution >= 4 is 29.3 Å². The first-order valence-corrected chi connectivity index (χ1v) is 10.4. The first kappa shape index (κ1) is 19.9. The molecule has 158 valence electrons. The average Bonchev–Trinajstić information content (AvgIpc) is 2.65. The lowest BCUT2D eigenvalue weighted by atomic mass is 9.99. The zero-order chi connectivity index (χ0) is 20.7. The summed E-state index contributed by atoms with van der Waals surface area (Å²) in [6.07, 6.45) is 2.62. The highest BCUT2D eigenvalue weighted by Gasteiger charge is 2.38. The molecule has 4 heterocycles. The van der Waals surface area contributed by atoms with E-state index in [1.807, 2.05) is 37.6 Å². The third-order valence-corrected chi connectivity index (χ3v) is 5.95. The molecule has 1 aromatic heterocycles. The summed E-state index contributed by atoms with van der Waals surface area (Å²) in [6, 6.07) is -0.152. The van der Waals surface area contributed by atoms with E-state index in [0.29, 0.717) is 31.3 Å². The van der Waals surface area contributed by atoms with Crippen molar-refractivity contribution in [3.63, 3.8) is 0 Å². The van der Waals surface area contributed by atoms with E-state index in [0.717, 1.165) is 30.8 Å². The van der Waals surface area contributed by atoms with E-state index >= 15 is 0 Å². The van der Waals surface area contributed by atoms with Crippen LogP contribution >= 0.6 is 0 Å². The van der Waals surface area contributed by atoms with Crippen molar-refractivity contribution < 1.29 is 14.3 Å². The molecule has 0 radical (unpaired) electrons. The molecule has 0 saturated carbocycles. The highest BCUT2D eigenvalue weighted by molar-refractivity contribution is 6.03. The molecule has 0 aromatic carbocycles. The van der Waals surface area contributed by atoms with E-state index in [1.54, 1.807) is 0 Å². The Morgan fingerprint density at radius 2 is 2.03 bits per heavy atom. The zero-order valence-corrected chi connectivity index (χ0v) is 17.6. The smallest absolute Gasteiger partial charge is 0.251 e. The Hall–Kier alpha value is -2.42. The summed E-state index contributed by atoms with van der Waals surface area (Å²) < 4.78 is 5.60. The number of anilines is 3. The molecular formula is C20H30N6O3. The third kappa shape index (κ3) is 3.75. The molecule has 0 spiro atoms. The van der Waals surface area contributed by atoms with Crippen molar-refractivity contribution in [2.75, 3.05) is 42.3 Å². The van der Waals surface area contributed by atoms with Crippen LogP contribution in [0.4, 0.5) is 17.5 Å². The average molecular weight is 402 g/mol. The first-order chi connectivity index (χ1) is 13.8. The van der Waals surface area contributed by atoms with Gasteiger partial charge in [-0.15, -0.1) is 0 Å². The summed E-state index contributed by atoms with van der Waals surface area (Å²) >= 11 is 0. The minimum atomic E-state index is -0.280. The second-order valence-electron chi connectivity index (χ2n) is 8.56. The van der Waals surface area contributed by atoms with Gasteiger partial charge in [-0.1, -0.05) is 13.8 Å². The minimum absolute atomic E-state index is 0.0273. The first-order valence-electron chi connectivity index (χ1n) is 10.4. The van der Waals surface area contributed by atoms with Gasteiger partial charge in [-0.2, -0.15) is 4.98 Å². The van der Waals surface area contributed by atoms with Crippen molar-refractivity contribution in [3.05, 3.63) is 5.69 Å². The van der Waals surface area contributed by atoms with Crippen LogP contribution in [-0.4, -0.2) is 71.6 Å². The van der Waals surface area contributed by atoms with Crippen LogP contribution in [0.1, 0.15) is 38.8 Å². The van der Waals surface area contributed by atoms with Gasteiger partial charge < -0.3 is 25.2 Å². The standard InChI is InChI=1S/C20H30N6O3/c1-11(2)16-18(27)23-15-12(3)21-20(24-17(15)25(16)4)22-13-9-26(10-13)19(28)14-7-5-6-8-29-14/h11,13-14,16H,5-10H2,1-4H3,(H,23,27)(H,21,22,24). The number of amides is 2. The molecule has 1 aromatic rings. The summed E-state index contributed by atoms with van der Waals surface area (Å²) in [6.45, 7) is 7.84. The Labute approximate surface area is 171 Å². The molecule has 2 unspecified atom stereocenters. The molecule has 29 heavy (non-hydrogen) atoms. The maximum absolute atomic E-state index is 12.5. The largest absolute Gasteiger partial charge is 0.368 e. The predicted octanol–water partition coefficient (Wildman–Crippen LogP) is 1.39. The van der Waals surface area contributed by atoms with Crippen LogP contribution in [0, 0.1) is 12.8 Å². The summed E-state index contributed by atoms with van der Waals surface area (Å²) in [7, 11) is 1.90. The fraction of sp³-hybridized carbons (Fsp3) is 0.700. The predicted molar refractivity (Wildman–Crippen MR) is 110 cm³/mol. The van der Waals surface area contributed by atoms with E-state index in [9.17, 15) is 9.59 Å². The molecule has 3 aliphatic heterocycles. The number of nitrogens with one attached hydrogen (secondary N) is 2. The number of rotatable bonds is 4. The van der Waals surface area contributed by atoms with Gasteiger partial charge >= 0.3 is 0 Å². The monoisotopic (exact) mass is 402 g/mol. The molecule has 0 aliphatic carbocycles. The lowest BCUT2D eigenvalue weighted by Gasteiger charge is -2.42. The molecule has 2 N–H and O–H groups in total. The van der Waals surface area contributed by atoms with Crippen molar-refractivity contribution in [2.45, 2.75) is 58.2 Å². The minimum Gasteiger partial charge on any atom is -0.368 e. The number of fused-ring (bicyclic) bond motifs is 1. The van der Waals surface area contributed by atoms with Gasteiger partial charge in [0.2, 0.25) is 11.9 Å². The van der Waals surface area contributed by atoms with Gasteiger partial charge in [0, 0.05) is 26.7 Å². The van der Waals surface area contributed by atoms with Gasteiger partial charge in [0.05, 0.1) is 11.7 Å². The second-order valence-corrected chi connectivity index (χ2v) is 8.56. The van der Waals surface area contributed by atoms with Gasteiger partial charge in [-0.3, -0.25) is 9.59 Å². The van der Waals surface area contributed by atoms with Gasteiger partial charge in [-0.05, 0) is 32.1 Å². The molecule has 0 bridgehead atoms. The third-order valence-electron chi connectivity index (χ3n) is 5.95. The normalized spacial score (nSPS) is 24.8. The number of likely N-dealkylation sites (N-methyl/N-ethyl adjacent to an activating group) is 1. The Morgan fingerprint density at radius 1 is 1.28 bits per heavy atom. The second kappa shape index (κ2) is 7.78. The van der Waals surface area contributed by atoms with Crippen LogP contribution in [0.15, 0.2) is 0 Å². The molecular weight excluding hydrogens is 372 g/mol. The Bertz CT molecular complexity index is 802. The number of carbonyl (C=O) groups is 2. The van der Waals surface area contributed by atoms with E-state index in [2.05, 4.69) is 20.6 Å². The van der Waals surface area contributed by atoms with E-state index in [-0.39, 0.29) is 35.9 Å². The number of nitrogens with zero attached hydrogens (tertiary/aromatic N) is 4. The molecule has 3 aliphatic rings. The van der Waals surface area contributed by atoms with Crippen LogP contribution in [0.3, 0.4) is 0 Å². The van der Waals surface area contributed by atoms with E-state index < -0.39 is 0 Å². The molecule has 2 fully saturated rings. The van der Waals surface area contributed by atoms with Gasteiger partial charge in [-0.25, -0.2) is 4.98 Å². The van der Waals surface area contributed by atoms with Crippen molar-refractivity contribution in [1.29, 1.82) is 0 Å². The highest BCUT2D eigenvalue weighted by Crippen LogP contribution is 2.34. The number of carbonyl (C=O) groups excluding carboxylic acids is 2. The Balaban J connectivity index is 1.42. The molecule has 2 atom stereocenters. The van der Waals surface area contributed by atoms with Crippen molar-refractivity contribution in [2.24, 2.45) is 5.92 Å². The molecule has 2 saturated heterocycles.